The van der Waals surface area contributed by atoms with E-state index in [1.54, 1.807) is 23.1 Å². The molecule has 0 aromatic carbocycles. The first kappa shape index (κ1) is 18.0. The van der Waals surface area contributed by atoms with E-state index >= 15 is 0 Å². The number of carbonyl (C=O) groups excluding carboxylic acids is 1. The van der Waals surface area contributed by atoms with Crippen molar-refractivity contribution in [2.75, 3.05) is 5.32 Å². The lowest BCUT2D eigenvalue weighted by molar-refractivity contribution is 0.100. The Kier molecular flexibility index (Phi) is 4.26. The minimum absolute atomic E-state index is 0.156. The highest BCUT2D eigenvalue weighted by atomic mass is 16.1. The third-order valence-electron chi connectivity index (χ3n) is 4.09. The average molecular weight is 354 g/mol. The van der Waals surface area contributed by atoms with Crippen LogP contribution in [0.2, 0.25) is 0 Å². The number of nitrogens with one attached hydrogen (secondary N) is 2. The van der Waals surface area contributed by atoms with Gasteiger partial charge in [0.1, 0.15) is 11.3 Å². The van der Waals surface area contributed by atoms with E-state index in [1.807, 2.05) is 12.1 Å². The van der Waals surface area contributed by atoms with Crippen molar-refractivity contribution in [1.29, 1.82) is 0 Å². The maximum atomic E-state index is 11.7. The van der Waals surface area contributed by atoms with Gasteiger partial charge in [-0.05, 0) is 37.8 Å². The lowest BCUT2D eigenvalue weighted by atomic mass is 9.82. The largest absolute Gasteiger partial charge is 0.365 e. The van der Waals surface area contributed by atoms with Gasteiger partial charge in [0.25, 0.3) is 5.91 Å². The summed E-state index contributed by atoms with van der Waals surface area (Å²) in [5, 5.41) is 6.69. The second kappa shape index (κ2) is 6.16. The van der Waals surface area contributed by atoms with Gasteiger partial charge in [0.15, 0.2) is 11.5 Å². The number of carbonyl (C=O) groups is 1. The van der Waals surface area contributed by atoms with Gasteiger partial charge in [-0.2, -0.15) is 0 Å². The molecule has 1 amide bonds. The molecule has 0 saturated carbocycles. The molecule has 0 radical (unpaired) electrons. The number of nitrogens with two attached hydrogens (primary N) is 1. The number of anilines is 1. The molecule has 0 bridgehead atoms. The van der Waals surface area contributed by atoms with E-state index in [-0.39, 0.29) is 11.0 Å². The zero-order valence-corrected chi connectivity index (χ0v) is 15.9. The van der Waals surface area contributed by atoms with Crippen LogP contribution in [-0.4, -0.2) is 31.0 Å². The molecule has 0 aliphatic rings. The Morgan fingerprint density at radius 3 is 2.62 bits per heavy atom. The Morgan fingerprint density at radius 1 is 1.31 bits per heavy atom. The van der Waals surface area contributed by atoms with Gasteiger partial charge in [-0.25, -0.2) is 9.50 Å². The molecule has 0 aliphatic heterocycles. The van der Waals surface area contributed by atoms with Gasteiger partial charge in [-0.1, -0.05) is 20.8 Å². The second-order valence-corrected chi connectivity index (χ2v) is 8.51. The molecule has 7 heteroatoms. The SMILES string of the molecule is CC(C)(C)CC(C)(C)Nc1c(-c2cccnc2)nc2c(C(N)=O)c[nH]n12. The monoisotopic (exact) mass is 354 g/mol. The third kappa shape index (κ3) is 3.56. The van der Waals surface area contributed by atoms with Crippen LogP contribution in [0.1, 0.15) is 51.4 Å². The number of aromatic amines is 1. The van der Waals surface area contributed by atoms with E-state index < -0.39 is 5.91 Å². The summed E-state index contributed by atoms with van der Waals surface area (Å²) in [5.74, 6) is 0.272. The quantitative estimate of drug-likeness (QED) is 0.653. The van der Waals surface area contributed by atoms with Crippen LogP contribution in [-0.2, 0) is 0 Å². The molecule has 26 heavy (non-hydrogen) atoms. The molecule has 3 heterocycles. The minimum atomic E-state index is -0.514. The van der Waals surface area contributed by atoms with Gasteiger partial charge in [-0.3, -0.25) is 14.9 Å². The van der Waals surface area contributed by atoms with Crippen molar-refractivity contribution in [3.63, 3.8) is 0 Å². The van der Waals surface area contributed by atoms with Gasteiger partial charge in [0.2, 0.25) is 0 Å². The summed E-state index contributed by atoms with van der Waals surface area (Å²) >= 11 is 0. The molecule has 4 N–H and O–H groups in total. The van der Waals surface area contributed by atoms with Crippen molar-refractivity contribution in [2.45, 2.75) is 46.6 Å². The lowest BCUT2D eigenvalue weighted by Crippen LogP contribution is -2.36. The number of rotatable bonds is 5. The maximum absolute atomic E-state index is 11.7. The van der Waals surface area contributed by atoms with Crippen molar-refractivity contribution >= 4 is 17.4 Å². The Hall–Kier alpha value is -2.83. The van der Waals surface area contributed by atoms with Crippen LogP contribution in [0.25, 0.3) is 16.9 Å². The molecule has 7 nitrogen and oxygen atoms in total. The molecule has 0 fully saturated rings. The molecule has 3 aromatic rings. The topological polar surface area (TPSA) is 101 Å². The third-order valence-corrected chi connectivity index (χ3v) is 4.09. The Morgan fingerprint density at radius 2 is 2.04 bits per heavy atom. The smallest absolute Gasteiger partial charge is 0.254 e. The number of nitrogens with zero attached hydrogens (tertiary/aromatic N) is 3. The van der Waals surface area contributed by atoms with Crippen LogP contribution in [0.4, 0.5) is 5.82 Å². The number of imidazole rings is 1. The highest BCUT2D eigenvalue weighted by Crippen LogP contribution is 2.34. The van der Waals surface area contributed by atoms with E-state index in [0.29, 0.717) is 11.2 Å². The van der Waals surface area contributed by atoms with E-state index in [1.165, 1.54) is 0 Å². The van der Waals surface area contributed by atoms with E-state index in [2.05, 4.69) is 55.0 Å². The summed E-state index contributed by atoms with van der Waals surface area (Å²) in [6.07, 6.45) is 6.01. The first-order chi connectivity index (χ1) is 12.1. The van der Waals surface area contributed by atoms with Gasteiger partial charge < -0.3 is 11.1 Å². The van der Waals surface area contributed by atoms with Crippen molar-refractivity contribution in [3.8, 4) is 11.3 Å². The Labute approximate surface area is 153 Å². The molecule has 3 rings (SSSR count). The molecule has 0 spiro atoms. The van der Waals surface area contributed by atoms with Crippen molar-refractivity contribution in [3.05, 3.63) is 36.3 Å². The first-order valence-corrected chi connectivity index (χ1v) is 8.66. The maximum Gasteiger partial charge on any atom is 0.254 e. The fourth-order valence-electron chi connectivity index (χ4n) is 3.61. The number of primary amides is 1. The first-order valence-electron chi connectivity index (χ1n) is 8.66. The van der Waals surface area contributed by atoms with Crippen LogP contribution in [0.3, 0.4) is 0 Å². The van der Waals surface area contributed by atoms with Crippen molar-refractivity contribution in [1.82, 2.24) is 19.6 Å². The summed E-state index contributed by atoms with van der Waals surface area (Å²) in [6, 6.07) is 3.81. The zero-order chi connectivity index (χ0) is 19.1. The van der Waals surface area contributed by atoms with Gasteiger partial charge in [0.05, 0.1) is 0 Å². The highest BCUT2D eigenvalue weighted by Gasteiger charge is 2.29. The lowest BCUT2D eigenvalue weighted by Gasteiger charge is -2.34. The highest BCUT2D eigenvalue weighted by molar-refractivity contribution is 5.99. The summed E-state index contributed by atoms with van der Waals surface area (Å²) in [5.41, 5.74) is 7.92. The molecule has 0 saturated heterocycles. The number of aromatic nitrogens is 4. The summed E-state index contributed by atoms with van der Waals surface area (Å²) in [7, 11) is 0. The fraction of sp³-hybridized carbons (Fsp3) is 0.421. The molecule has 138 valence electrons. The van der Waals surface area contributed by atoms with Gasteiger partial charge in [-0.15, -0.1) is 0 Å². The number of pyridine rings is 1. The second-order valence-electron chi connectivity index (χ2n) is 8.51. The molecule has 0 atom stereocenters. The van der Waals surface area contributed by atoms with Gasteiger partial charge in [0, 0.05) is 29.7 Å². The minimum Gasteiger partial charge on any atom is -0.365 e. The molecule has 3 aromatic heterocycles. The number of amides is 1. The normalized spacial score (nSPS) is 12.5. The number of hydrogen-bond donors (Lipinski definition) is 3. The number of H-pyrrole nitrogens is 1. The predicted octanol–water partition coefficient (Wildman–Crippen LogP) is 3.45. The van der Waals surface area contributed by atoms with Crippen LogP contribution in [0.15, 0.2) is 30.7 Å². The number of fused-ring (bicyclic) bond motifs is 1. The molecule has 0 aliphatic carbocycles. The van der Waals surface area contributed by atoms with Crippen LogP contribution >= 0.6 is 0 Å². The van der Waals surface area contributed by atoms with Crippen LogP contribution in [0.5, 0.6) is 0 Å². The Balaban J connectivity index is 2.14. The van der Waals surface area contributed by atoms with Crippen LogP contribution < -0.4 is 11.1 Å². The van der Waals surface area contributed by atoms with Crippen molar-refractivity contribution < 1.29 is 4.79 Å². The van der Waals surface area contributed by atoms with E-state index in [0.717, 1.165) is 23.5 Å². The summed E-state index contributed by atoms with van der Waals surface area (Å²) in [4.78, 5) is 20.6. The fourth-order valence-corrected chi connectivity index (χ4v) is 3.61. The predicted molar refractivity (Wildman–Crippen MR) is 103 cm³/mol. The van der Waals surface area contributed by atoms with E-state index in [9.17, 15) is 4.79 Å². The molecular formula is C19H26N6O. The van der Waals surface area contributed by atoms with Crippen molar-refractivity contribution in [2.24, 2.45) is 11.1 Å². The average Bonchev–Trinajstić information content (AvgIpc) is 3.05. The summed E-state index contributed by atoms with van der Waals surface area (Å²) < 4.78 is 1.77. The van der Waals surface area contributed by atoms with E-state index in [4.69, 9.17) is 5.73 Å². The zero-order valence-electron chi connectivity index (χ0n) is 15.9. The standard InChI is InChI=1S/C19H26N6O/c1-18(2,3)11-19(4,5)24-17-14(12-7-6-8-21-9-12)23-16-13(15(20)26)10-22-25(16)17/h6-10,22,24H,11H2,1-5H3,(H2,20,26). The van der Waals surface area contributed by atoms with Gasteiger partial charge >= 0.3 is 0 Å². The summed E-state index contributed by atoms with van der Waals surface area (Å²) in [6.45, 7) is 10.9. The van der Waals surface area contributed by atoms with Crippen LogP contribution in [0, 0.1) is 5.41 Å². The molecule has 0 unspecified atom stereocenters. The Bertz CT molecular complexity index is 930. The molecular weight excluding hydrogens is 328 g/mol. The number of hydrogen-bond acceptors (Lipinski definition) is 4.